The summed E-state index contributed by atoms with van der Waals surface area (Å²) in [4.78, 5) is 2.53. The van der Waals surface area contributed by atoms with Crippen molar-refractivity contribution in [2.75, 3.05) is 32.8 Å². The Labute approximate surface area is 129 Å². The fourth-order valence-electron chi connectivity index (χ4n) is 3.13. The molecule has 1 aromatic rings. The van der Waals surface area contributed by atoms with Crippen LogP contribution in [0.15, 0.2) is 24.3 Å². The van der Waals surface area contributed by atoms with Crippen molar-refractivity contribution in [1.29, 1.82) is 0 Å². The van der Waals surface area contributed by atoms with E-state index in [1.165, 1.54) is 24.1 Å². The number of ether oxygens (including phenoxy) is 1. The van der Waals surface area contributed by atoms with Crippen LogP contribution in [0, 0.1) is 6.92 Å². The quantitative estimate of drug-likeness (QED) is 0.835. The molecule has 1 aromatic carbocycles. The van der Waals surface area contributed by atoms with Crippen molar-refractivity contribution in [1.82, 2.24) is 10.2 Å². The fraction of sp³-hybridized carbons (Fsp3) is 0.667. The standard InChI is InChI=1S/C18H30N2O/c1-4-10-19-18(16-9-7-6-8-15(16)3)17-14-20(11-5-2)12-13-21-17/h6-9,17-19H,4-5,10-14H2,1-3H3. The largest absolute Gasteiger partial charge is 0.374 e. The number of hydrogen-bond donors (Lipinski definition) is 1. The first kappa shape index (κ1) is 16.5. The summed E-state index contributed by atoms with van der Waals surface area (Å²) in [6.07, 6.45) is 2.61. The molecule has 1 saturated heterocycles. The Morgan fingerprint density at radius 2 is 2.10 bits per heavy atom. The Hall–Kier alpha value is -0.900. The summed E-state index contributed by atoms with van der Waals surface area (Å²) in [6, 6.07) is 8.98. The molecule has 3 nitrogen and oxygen atoms in total. The average Bonchev–Trinajstić information content (AvgIpc) is 2.50. The molecule has 1 aliphatic rings. The van der Waals surface area contributed by atoms with E-state index in [4.69, 9.17) is 4.74 Å². The molecule has 1 aliphatic heterocycles. The van der Waals surface area contributed by atoms with Crippen LogP contribution in [-0.2, 0) is 4.74 Å². The number of nitrogens with one attached hydrogen (secondary N) is 1. The molecule has 0 aliphatic carbocycles. The maximum Gasteiger partial charge on any atom is 0.0897 e. The van der Waals surface area contributed by atoms with Gasteiger partial charge < -0.3 is 10.1 Å². The highest BCUT2D eigenvalue weighted by molar-refractivity contribution is 5.29. The van der Waals surface area contributed by atoms with E-state index in [9.17, 15) is 0 Å². The van der Waals surface area contributed by atoms with Gasteiger partial charge in [0.05, 0.1) is 18.8 Å². The first-order valence-corrected chi connectivity index (χ1v) is 8.39. The van der Waals surface area contributed by atoms with E-state index in [1.54, 1.807) is 0 Å². The summed E-state index contributed by atoms with van der Waals surface area (Å²) in [5.74, 6) is 0. The number of rotatable bonds is 7. The van der Waals surface area contributed by atoms with Gasteiger partial charge in [-0.1, -0.05) is 38.1 Å². The molecule has 1 heterocycles. The van der Waals surface area contributed by atoms with Gasteiger partial charge in [-0.3, -0.25) is 4.90 Å². The average molecular weight is 290 g/mol. The minimum atomic E-state index is 0.248. The number of benzene rings is 1. The number of nitrogens with zero attached hydrogens (tertiary/aromatic N) is 1. The predicted octanol–water partition coefficient (Wildman–Crippen LogP) is 3.15. The predicted molar refractivity (Wildman–Crippen MR) is 88.7 cm³/mol. The zero-order chi connectivity index (χ0) is 15.1. The van der Waals surface area contributed by atoms with E-state index in [0.29, 0.717) is 6.04 Å². The van der Waals surface area contributed by atoms with E-state index in [1.807, 2.05) is 0 Å². The van der Waals surface area contributed by atoms with E-state index in [-0.39, 0.29) is 6.10 Å². The van der Waals surface area contributed by atoms with Crippen molar-refractivity contribution in [3.05, 3.63) is 35.4 Å². The van der Waals surface area contributed by atoms with Crippen LogP contribution in [0.5, 0.6) is 0 Å². The van der Waals surface area contributed by atoms with E-state index in [2.05, 4.69) is 55.3 Å². The minimum absolute atomic E-state index is 0.248. The van der Waals surface area contributed by atoms with Crippen LogP contribution in [0.3, 0.4) is 0 Å². The van der Waals surface area contributed by atoms with Gasteiger partial charge in [0.15, 0.2) is 0 Å². The van der Waals surface area contributed by atoms with Crippen molar-refractivity contribution < 1.29 is 4.74 Å². The zero-order valence-corrected chi connectivity index (χ0v) is 13.8. The smallest absolute Gasteiger partial charge is 0.0897 e. The van der Waals surface area contributed by atoms with Gasteiger partial charge in [-0.05, 0) is 44.0 Å². The van der Waals surface area contributed by atoms with Gasteiger partial charge in [0, 0.05) is 13.1 Å². The molecule has 1 fully saturated rings. The molecular weight excluding hydrogens is 260 g/mol. The third kappa shape index (κ3) is 4.53. The van der Waals surface area contributed by atoms with Crippen LogP contribution >= 0.6 is 0 Å². The lowest BCUT2D eigenvalue weighted by atomic mass is 9.95. The number of hydrogen-bond acceptors (Lipinski definition) is 3. The molecule has 0 amide bonds. The van der Waals surface area contributed by atoms with Crippen molar-refractivity contribution >= 4 is 0 Å². The number of aryl methyl sites for hydroxylation is 1. The third-order valence-electron chi connectivity index (χ3n) is 4.23. The fourth-order valence-corrected chi connectivity index (χ4v) is 3.13. The minimum Gasteiger partial charge on any atom is -0.374 e. The van der Waals surface area contributed by atoms with E-state index < -0.39 is 0 Å². The highest BCUT2D eigenvalue weighted by Gasteiger charge is 2.29. The summed E-state index contributed by atoms with van der Waals surface area (Å²) in [7, 11) is 0. The van der Waals surface area contributed by atoms with Gasteiger partial charge in [0.25, 0.3) is 0 Å². The molecule has 0 spiro atoms. The van der Waals surface area contributed by atoms with Gasteiger partial charge in [-0.15, -0.1) is 0 Å². The van der Waals surface area contributed by atoms with Gasteiger partial charge in [0.1, 0.15) is 0 Å². The van der Waals surface area contributed by atoms with Gasteiger partial charge in [0.2, 0.25) is 0 Å². The molecule has 0 bridgehead atoms. The molecule has 2 atom stereocenters. The second-order valence-electron chi connectivity index (χ2n) is 6.00. The van der Waals surface area contributed by atoms with Crippen LogP contribution in [0.1, 0.15) is 43.9 Å². The maximum atomic E-state index is 6.12. The van der Waals surface area contributed by atoms with Gasteiger partial charge in [-0.25, -0.2) is 0 Å². The van der Waals surface area contributed by atoms with Crippen LogP contribution in [0.25, 0.3) is 0 Å². The summed E-state index contributed by atoms with van der Waals surface area (Å²) >= 11 is 0. The van der Waals surface area contributed by atoms with Crippen LogP contribution < -0.4 is 5.32 Å². The molecule has 3 heteroatoms. The molecule has 118 valence electrons. The van der Waals surface area contributed by atoms with Crippen molar-refractivity contribution in [3.63, 3.8) is 0 Å². The lowest BCUT2D eigenvalue weighted by molar-refractivity contribution is -0.0471. The third-order valence-corrected chi connectivity index (χ3v) is 4.23. The molecule has 1 N–H and O–H groups in total. The molecule has 0 radical (unpaired) electrons. The number of morpholine rings is 1. The van der Waals surface area contributed by atoms with Crippen molar-refractivity contribution in [3.8, 4) is 0 Å². The van der Waals surface area contributed by atoms with Gasteiger partial charge in [-0.2, -0.15) is 0 Å². The normalized spacial score (nSPS) is 21.4. The highest BCUT2D eigenvalue weighted by atomic mass is 16.5. The second-order valence-corrected chi connectivity index (χ2v) is 6.00. The first-order chi connectivity index (χ1) is 10.3. The van der Waals surface area contributed by atoms with E-state index in [0.717, 1.165) is 32.7 Å². The Morgan fingerprint density at radius 1 is 1.29 bits per heavy atom. The monoisotopic (exact) mass is 290 g/mol. The zero-order valence-electron chi connectivity index (χ0n) is 13.8. The van der Waals surface area contributed by atoms with Gasteiger partial charge >= 0.3 is 0 Å². The Bertz CT molecular complexity index is 419. The highest BCUT2D eigenvalue weighted by Crippen LogP contribution is 2.25. The second kappa shape index (κ2) is 8.52. The topological polar surface area (TPSA) is 24.5 Å². The van der Waals surface area contributed by atoms with Crippen molar-refractivity contribution in [2.24, 2.45) is 0 Å². The molecule has 0 aromatic heterocycles. The van der Waals surface area contributed by atoms with Crippen molar-refractivity contribution in [2.45, 2.75) is 45.8 Å². The summed E-state index contributed by atoms with van der Waals surface area (Å²) in [5, 5.41) is 3.71. The van der Waals surface area contributed by atoms with E-state index >= 15 is 0 Å². The molecule has 21 heavy (non-hydrogen) atoms. The Kier molecular flexibility index (Phi) is 6.68. The van der Waals surface area contributed by atoms with Crippen LogP contribution in [0.2, 0.25) is 0 Å². The lowest BCUT2D eigenvalue weighted by Gasteiger charge is -2.38. The van der Waals surface area contributed by atoms with Crippen LogP contribution in [-0.4, -0.2) is 43.8 Å². The summed E-state index contributed by atoms with van der Waals surface area (Å²) < 4.78 is 6.12. The summed E-state index contributed by atoms with van der Waals surface area (Å²) in [6.45, 7) is 11.8. The molecular formula is C18H30N2O. The summed E-state index contributed by atoms with van der Waals surface area (Å²) in [5.41, 5.74) is 2.73. The SMILES string of the molecule is CCCNC(c1ccccc1C)C1CN(CCC)CCO1. The Balaban J connectivity index is 2.13. The molecule has 2 unspecified atom stereocenters. The molecule has 0 saturated carbocycles. The maximum absolute atomic E-state index is 6.12. The Morgan fingerprint density at radius 3 is 2.81 bits per heavy atom. The lowest BCUT2D eigenvalue weighted by Crippen LogP contribution is -2.48. The first-order valence-electron chi connectivity index (χ1n) is 8.39. The molecule has 2 rings (SSSR count). The van der Waals surface area contributed by atoms with Crippen LogP contribution in [0.4, 0.5) is 0 Å².